The van der Waals surface area contributed by atoms with E-state index in [4.69, 9.17) is 0 Å². The molecule has 1 saturated carbocycles. The number of carbonyl (C=O) groups is 1. The minimum atomic E-state index is 0.232. The molecule has 1 amide bonds. The zero-order chi connectivity index (χ0) is 16.5. The van der Waals surface area contributed by atoms with E-state index in [2.05, 4.69) is 38.5 Å². The molecule has 2 aliphatic rings. The van der Waals surface area contributed by atoms with Gasteiger partial charge in [0.05, 0.1) is 11.7 Å². The van der Waals surface area contributed by atoms with Gasteiger partial charge in [-0.25, -0.2) is 4.68 Å². The third kappa shape index (κ3) is 3.38. The van der Waals surface area contributed by atoms with Crippen molar-refractivity contribution in [3.8, 4) is 0 Å². The van der Waals surface area contributed by atoms with E-state index in [0.29, 0.717) is 12.3 Å². The molecular weight excluding hydrogens is 368 g/mol. The molecule has 2 aromatic rings. The van der Waals surface area contributed by atoms with Crippen LogP contribution in [0.3, 0.4) is 0 Å². The predicted molar refractivity (Wildman–Crippen MR) is 94.7 cm³/mol. The molecule has 1 aromatic carbocycles. The maximum absolute atomic E-state index is 12.5. The molecule has 1 aromatic heterocycles. The second-order valence-electron chi connectivity index (χ2n) is 6.77. The first-order chi connectivity index (χ1) is 11.7. The van der Waals surface area contributed by atoms with E-state index in [1.807, 2.05) is 27.8 Å². The molecule has 0 N–H and O–H groups in total. The van der Waals surface area contributed by atoms with Crippen LogP contribution in [0.1, 0.15) is 48.9 Å². The number of benzene rings is 1. The van der Waals surface area contributed by atoms with Crippen molar-refractivity contribution >= 4 is 21.8 Å². The van der Waals surface area contributed by atoms with Gasteiger partial charge in [-0.1, -0.05) is 39.3 Å². The zero-order valence-corrected chi connectivity index (χ0v) is 15.2. The largest absolute Gasteiger partial charge is 0.340 e. The molecule has 1 aliphatic heterocycles. The molecule has 0 radical (unpaired) electrons. The lowest BCUT2D eigenvalue weighted by Gasteiger charge is -2.16. The summed E-state index contributed by atoms with van der Waals surface area (Å²) in [7, 11) is 0. The van der Waals surface area contributed by atoms with Crippen molar-refractivity contribution in [2.75, 3.05) is 13.1 Å². The fraction of sp³-hybridized carbons (Fsp3) is 0.500. The van der Waals surface area contributed by atoms with Crippen molar-refractivity contribution in [2.45, 2.75) is 44.1 Å². The third-order valence-corrected chi connectivity index (χ3v) is 5.75. The minimum absolute atomic E-state index is 0.232. The van der Waals surface area contributed by atoms with Gasteiger partial charge in [0.25, 0.3) is 0 Å². The summed E-state index contributed by atoms with van der Waals surface area (Å²) in [6.45, 7) is 1.57. The number of halogens is 1. The minimum Gasteiger partial charge on any atom is -0.340 e. The van der Waals surface area contributed by atoms with Gasteiger partial charge in [0, 0.05) is 36.1 Å². The smallest absolute Gasteiger partial charge is 0.222 e. The van der Waals surface area contributed by atoms with Gasteiger partial charge in [-0.3, -0.25) is 4.79 Å². The zero-order valence-electron chi connectivity index (χ0n) is 13.6. The number of carbonyl (C=O) groups excluding carboxylic acids is 1. The van der Waals surface area contributed by atoms with Gasteiger partial charge in [-0.2, -0.15) is 0 Å². The average Bonchev–Trinajstić information content (AvgIpc) is 3.12. The molecule has 4 rings (SSSR count). The highest BCUT2D eigenvalue weighted by atomic mass is 79.9. The normalized spacial score (nSPS) is 20.5. The Bertz CT molecular complexity index is 740. The molecule has 5 nitrogen and oxygen atoms in total. The second kappa shape index (κ2) is 6.67. The number of hydrogen-bond donors (Lipinski definition) is 0. The molecule has 126 valence electrons. The van der Waals surface area contributed by atoms with Gasteiger partial charge in [-0.15, -0.1) is 5.10 Å². The lowest BCUT2D eigenvalue weighted by atomic mass is 10.1. The number of aryl methyl sites for hydroxylation is 1. The molecule has 1 saturated heterocycles. The van der Waals surface area contributed by atoms with Crippen LogP contribution >= 0.6 is 15.9 Å². The van der Waals surface area contributed by atoms with E-state index in [1.165, 1.54) is 18.4 Å². The average molecular weight is 389 g/mol. The molecule has 1 unspecified atom stereocenters. The molecule has 24 heavy (non-hydrogen) atoms. The Morgan fingerprint density at radius 3 is 2.88 bits per heavy atom. The van der Waals surface area contributed by atoms with Crippen LogP contribution in [0.15, 0.2) is 34.9 Å². The van der Waals surface area contributed by atoms with Crippen LogP contribution in [0.4, 0.5) is 0 Å². The fourth-order valence-electron chi connectivity index (χ4n) is 3.32. The summed E-state index contributed by atoms with van der Waals surface area (Å²) in [6.07, 6.45) is 6.86. The number of likely N-dealkylation sites (tertiary alicyclic amines) is 1. The molecule has 2 fully saturated rings. The fourth-order valence-corrected chi connectivity index (χ4v) is 3.80. The van der Waals surface area contributed by atoms with Crippen LogP contribution in [0, 0.1) is 0 Å². The predicted octanol–water partition coefficient (Wildman–Crippen LogP) is 3.32. The maximum Gasteiger partial charge on any atom is 0.222 e. The van der Waals surface area contributed by atoms with Crippen molar-refractivity contribution in [1.29, 1.82) is 0 Å². The Morgan fingerprint density at radius 2 is 2.08 bits per heavy atom. The Hall–Kier alpha value is -1.69. The standard InChI is InChI=1S/C18H21BrN4O/c19-16-4-2-1-3-13(16)7-8-18(24)22-10-9-15(11-22)23-12-17(20-21-23)14-5-6-14/h1-4,12,14-15H,5-11H2. The van der Waals surface area contributed by atoms with Gasteiger partial charge in [0.15, 0.2) is 0 Å². The number of aromatic nitrogens is 3. The van der Waals surface area contributed by atoms with Crippen molar-refractivity contribution in [2.24, 2.45) is 0 Å². The first-order valence-electron chi connectivity index (χ1n) is 8.63. The van der Waals surface area contributed by atoms with Crippen LogP contribution in [0.5, 0.6) is 0 Å². The van der Waals surface area contributed by atoms with E-state index in [1.54, 1.807) is 0 Å². The Morgan fingerprint density at radius 1 is 1.25 bits per heavy atom. The highest BCUT2D eigenvalue weighted by molar-refractivity contribution is 9.10. The molecular formula is C18H21BrN4O. The summed E-state index contributed by atoms with van der Waals surface area (Å²) in [5, 5.41) is 8.56. The van der Waals surface area contributed by atoms with Crippen LogP contribution in [-0.2, 0) is 11.2 Å². The quantitative estimate of drug-likeness (QED) is 0.789. The maximum atomic E-state index is 12.5. The molecule has 6 heteroatoms. The molecule has 1 atom stereocenters. The highest BCUT2D eigenvalue weighted by Crippen LogP contribution is 2.39. The molecule has 0 spiro atoms. The lowest BCUT2D eigenvalue weighted by molar-refractivity contribution is -0.130. The lowest BCUT2D eigenvalue weighted by Crippen LogP contribution is -2.29. The summed E-state index contributed by atoms with van der Waals surface area (Å²) in [4.78, 5) is 14.5. The third-order valence-electron chi connectivity index (χ3n) is 4.98. The van der Waals surface area contributed by atoms with E-state index < -0.39 is 0 Å². The molecule has 1 aliphatic carbocycles. The van der Waals surface area contributed by atoms with Gasteiger partial charge in [0.1, 0.15) is 0 Å². The number of amides is 1. The summed E-state index contributed by atoms with van der Waals surface area (Å²) in [5.74, 6) is 0.859. The van der Waals surface area contributed by atoms with E-state index in [9.17, 15) is 4.79 Å². The van der Waals surface area contributed by atoms with Gasteiger partial charge >= 0.3 is 0 Å². The number of nitrogens with zero attached hydrogens (tertiary/aromatic N) is 4. The molecule has 0 bridgehead atoms. The van der Waals surface area contributed by atoms with Crippen LogP contribution in [-0.4, -0.2) is 38.9 Å². The SMILES string of the molecule is O=C(CCc1ccccc1Br)N1CCC(n2cc(C3CC3)nn2)C1. The first-order valence-corrected chi connectivity index (χ1v) is 9.43. The van der Waals surface area contributed by atoms with Crippen molar-refractivity contribution in [3.05, 3.63) is 46.2 Å². The second-order valence-corrected chi connectivity index (χ2v) is 7.63. The van der Waals surface area contributed by atoms with Crippen LogP contribution in [0.2, 0.25) is 0 Å². The first kappa shape index (κ1) is 15.8. The van der Waals surface area contributed by atoms with Gasteiger partial charge < -0.3 is 4.90 Å². The number of rotatable bonds is 5. The Kier molecular flexibility index (Phi) is 4.39. The van der Waals surface area contributed by atoms with Crippen molar-refractivity contribution in [3.63, 3.8) is 0 Å². The monoisotopic (exact) mass is 388 g/mol. The molecule has 2 heterocycles. The summed E-state index contributed by atoms with van der Waals surface area (Å²) in [5.41, 5.74) is 2.31. The van der Waals surface area contributed by atoms with Crippen molar-refractivity contribution in [1.82, 2.24) is 19.9 Å². The van der Waals surface area contributed by atoms with Crippen LogP contribution in [0.25, 0.3) is 0 Å². The van der Waals surface area contributed by atoms with Gasteiger partial charge in [0.2, 0.25) is 5.91 Å². The van der Waals surface area contributed by atoms with Gasteiger partial charge in [-0.05, 0) is 37.3 Å². The van der Waals surface area contributed by atoms with E-state index in [0.717, 1.165) is 36.1 Å². The number of hydrogen-bond acceptors (Lipinski definition) is 3. The Balaban J connectivity index is 1.32. The summed E-state index contributed by atoms with van der Waals surface area (Å²) >= 11 is 3.55. The van der Waals surface area contributed by atoms with Crippen molar-refractivity contribution < 1.29 is 4.79 Å². The van der Waals surface area contributed by atoms with E-state index in [-0.39, 0.29) is 11.9 Å². The summed E-state index contributed by atoms with van der Waals surface area (Å²) < 4.78 is 3.04. The highest BCUT2D eigenvalue weighted by Gasteiger charge is 2.31. The Labute approximate surface area is 150 Å². The summed E-state index contributed by atoms with van der Waals surface area (Å²) in [6, 6.07) is 8.37. The van der Waals surface area contributed by atoms with E-state index >= 15 is 0 Å². The topological polar surface area (TPSA) is 51.0 Å². The van der Waals surface area contributed by atoms with Crippen LogP contribution < -0.4 is 0 Å².